The van der Waals surface area contributed by atoms with E-state index >= 15 is 0 Å². The molecular weight excluding hydrogens is 237 g/mol. The van der Waals surface area contributed by atoms with Crippen LogP contribution in [0.2, 0.25) is 10.0 Å². The van der Waals surface area contributed by atoms with Gasteiger partial charge in [0.05, 0.1) is 10.0 Å². The number of carbonyl (C=O) groups is 1. The molecule has 1 heterocycles. The van der Waals surface area contributed by atoms with E-state index in [1.165, 1.54) is 0 Å². The molecular formula is C10H9Cl2NO2. The molecule has 80 valence electrons. The van der Waals surface area contributed by atoms with Crippen molar-refractivity contribution in [1.82, 2.24) is 0 Å². The van der Waals surface area contributed by atoms with Gasteiger partial charge in [0.15, 0.2) is 5.60 Å². The van der Waals surface area contributed by atoms with Gasteiger partial charge in [0.2, 0.25) is 0 Å². The van der Waals surface area contributed by atoms with Gasteiger partial charge < -0.3 is 10.4 Å². The predicted molar refractivity (Wildman–Crippen MR) is 59.3 cm³/mol. The topological polar surface area (TPSA) is 49.3 Å². The van der Waals surface area contributed by atoms with E-state index in [1.54, 1.807) is 19.1 Å². The highest BCUT2D eigenvalue weighted by molar-refractivity contribution is 6.43. The summed E-state index contributed by atoms with van der Waals surface area (Å²) in [7, 11) is 0. The minimum Gasteiger partial charge on any atom is -0.375 e. The quantitative estimate of drug-likeness (QED) is 0.799. The van der Waals surface area contributed by atoms with Crippen molar-refractivity contribution in [3.8, 4) is 0 Å². The molecule has 0 radical (unpaired) electrons. The first-order valence-electron chi connectivity index (χ1n) is 4.53. The van der Waals surface area contributed by atoms with Crippen molar-refractivity contribution < 1.29 is 9.90 Å². The first-order valence-corrected chi connectivity index (χ1v) is 5.28. The lowest BCUT2D eigenvalue weighted by Crippen LogP contribution is -2.33. The number of hydrogen-bond acceptors (Lipinski definition) is 2. The Balaban J connectivity index is 2.71. The highest BCUT2D eigenvalue weighted by Gasteiger charge is 2.45. The predicted octanol–water partition coefficient (Wildman–Crippen LogP) is 2.54. The summed E-state index contributed by atoms with van der Waals surface area (Å²) in [6.07, 6.45) is 0.256. The molecule has 1 aliphatic rings. The summed E-state index contributed by atoms with van der Waals surface area (Å²) >= 11 is 11.8. The summed E-state index contributed by atoms with van der Waals surface area (Å²) in [5.41, 5.74) is -0.653. The lowest BCUT2D eigenvalue weighted by Gasteiger charge is -2.19. The molecule has 1 unspecified atom stereocenters. The standard InChI is InChI=1S/C10H9Cl2NO2/c1-2-10(15)7-6(13-9(10)14)4-3-5(11)8(7)12/h3-4,15H,2H2,1H3,(H,13,14). The Labute approximate surface area is 97.0 Å². The molecule has 0 aromatic heterocycles. The van der Waals surface area contributed by atoms with Crippen LogP contribution in [0, 0.1) is 0 Å². The van der Waals surface area contributed by atoms with Gasteiger partial charge in [-0.1, -0.05) is 30.1 Å². The number of carbonyl (C=O) groups excluding carboxylic acids is 1. The molecule has 5 heteroatoms. The Hall–Kier alpha value is -0.770. The maximum Gasteiger partial charge on any atom is 0.261 e. The summed E-state index contributed by atoms with van der Waals surface area (Å²) in [5, 5.41) is 13.3. The molecule has 1 amide bonds. The van der Waals surface area contributed by atoms with E-state index in [0.717, 1.165) is 0 Å². The smallest absolute Gasteiger partial charge is 0.261 e. The van der Waals surface area contributed by atoms with Gasteiger partial charge in [-0.3, -0.25) is 4.79 Å². The molecule has 1 aromatic rings. The van der Waals surface area contributed by atoms with Crippen molar-refractivity contribution in [2.24, 2.45) is 0 Å². The van der Waals surface area contributed by atoms with Crippen LogP contribution in [0.5, 0.6) is 0 Å². The zero-order valence-corrected chi connectivity index (χ0v) is 9.49. The van der Waals surface area contributed by atoms with Crippen LogP contribution in [-0.4, -0.2) is 11.0 Å². The van der Waals surface area contributed by atoms with Gasteiger partial charge in [0, 0.05) is 11.3 Å². The zero-order chi connectivity index (χ0) is 11.2. The summed E-state index contributed by atoms with van der Waals surface area (Å²) in [6, 6.07) is 3.22. The Kier molecular flexibility index (Phi) is 2.41. The molecule has 2 N–H and O–H groups in total. The Morgan fingerprint density at radius 2 is 2.13 bits per heavy atom. The van der Waals surface area contributed by atoms with E-state index in [9.17, 15) is 9.90 Å². The fourth-order valence-corrected chi connectivity index (χ4v) is 2.21. The summed E-state index contributed by atoms with van der Waals surface area (Å²) in [5.74, 6) is -0.454. The number of nitrogens with one attached hydrogen (secondary N) is 1. The third kappa shape index (κ3) is 1.34. The summed E-state index contributed by atoms with van der Waals surface area (Å²) < 4.78 is 0. The number of halogens is 2. The van der Waals surface area contributed by atoms with E-state index in [2.05, 4.69) is 5.32 Å². The molecule has 1 atom stereocenters. The third-order valence-electron chi connectivity index (χ3n) is 2.64. The minimum absolute atomic E-state index is 0.233. The maximum atomic E-state index is 11.6. The molecule has 2 rings (SSSR count). The Morgan fingerprint density at radius 3 is 2.73 bits per heavy atom. The van der Waals surface area contributed by atoms with Gasteiger partial charge >= 0.3 is 0 Å². The first kappa shape index (κ1) is 10.7. The monoisotopic (exact) mass is 245 g/mol. The fourth-order valence-electron chi connectivity index (χ4n) is 1.74. The maximum absolute atomic E-state index is 11.6. The van der Waals surface area contributed by atoms with Gasteiger partial charge in [0.25, 0.3) is 5.91 Å². The van der Waals surface area contributed by atoms with E-state index < -0.39 is 11.5 Å². The van der Waals surface area contributed by atoms with Crippen molar-refractivity contribution >= 4 is 34.8 Å². The second kappa shape index (κ2) is 3.37. The van der Waals surface area contributed by atoms with Crippen LogP contribution in [0.1, 0.15) is 18.9 Å². The second-order valence-electron chi connectivity index (χ2n) is 3.45. The van der Waals surface area contributed by atoms with Crippen molar-refractivity contribution in [3.05, 3.63) is 27.7 Å². The van der Waals surface area contributed by atoms with E-state index in [4.69, 9.17) is 23.2 Å². The largest absolute Gasteiger partial charge is 0.375 e. The lowest BCUT2D eigenvalue weighted by molar-refractivity contribution is -0.133. The zero-order valence-electron chi connectivity index (χ0n) is 7.97. The van der Waals surface area contributed by atoms with Crippen LogP contribution in [0.25, 0.3) is 0 Å². The average Bonchev–Trinajstić information content (AvgIpc) is 2.47. The number of rotatable bonds is 1. The number of hydrogen-bond donors (Lipinski definition) is 2. The van der Waals surface area contributed by atoms with Crippen LogP contribution in [0.15, 0.2) is 12.1 Å². The number of benzene rings is 1. The lowest BCUT2D eigenvalue weighted by atomic mass is 9.93. The van der Waals surface area contributed by atoms with E-state index in [-0.39, 0.29) is 11.4 Å². The minimum atomic E-state index is -1.56. The van der Waals surface area contributed by atoms with Crippen LogP contribution >= 0.6 is 23.2 Å². The van der Waals surface area contributed by atoms with Crippen molar-refractivity contribution in [3.63, 3.8) is 0 Å². The van der Waals surface area contributed by atoms with Crippen molar-refractivity contribution in [2.75, 3.05) is 5.32 Å². The molecule has 1 aromatic carbocycles. The van der Waals surface area contributed by atoms with Crippen LogP contribution < -0.4 is 5.32 Å². The van der Waals surface area contributed by atoms with Gasteiger partial charge in [-0.2, -0.15) is 0 Å². The Morgan fingerprint density at radius 1 is 1.47 bits per heavy atom. The highest BCUT2D eigenvalue weighted by Crippen LogP contribution is 2.44. The highest BCUT2D eigenvalue weighted by atomic mass is 35.5. The van der Waals surface area contributed by atoms with Gasteiger partial charge in [-0.15, -0.1) is 0 Å². The number of aliphatic hydroxyl groups is 1. The van der Waals surface area contributed by atoms with Crippen LogP contribution in [-0.2, 0) is 10.4 Å². The summed E-state index contributed by atoms with van der Waals surface area (Å²) in [4.78, 5) is 11.6. The normalized spacial score (nSPS) is 23.9. The molecule has 0 fully saturated rings. The van der Waals surface area contributed by atoms with Crippen molar-refractivity contribution in [2.45, 2.75) is 18.9 Å². The van der Waals surface area contributed by atoms with Gasteiger partial charge in [-0.05, 0) is 18.6 Å². The molecule has 3 nitrogen and oxygen atoms in total. The molecule has 15 heavy (non-hydrogen) atoms. The van der Waals surface area contributed by atoms with Crippen LogP contribution in [0.4, 0.5) is 5.69 Å². The van der Waals surface area contributed by atoms with Gasteiger partial charge in [0.1, 0.15) is 0 Å². The molecule has 0 saturated heterocycles. The molecule has 0 bridgehead atoms. The summed E-state index contributed by atoms with van der Waals surface area (Å²) in [6.45, 7) is 1.71. The number of amides is 1. The Bertz CT molecular complexity index is 447. The molecule has 0 aliphatic carbocycles. The van der Waals surface area contributed by atoms with Gasteiger partial charge in [-0.25, -0.2) is 0 Å². The van der Waals surface area contributed by atoms with Crippen molar-refractivity contribution in [1.29, 1.82) is 0 Å². The van der Waals surface area contributed by atoms with E-state index in [1.807, 2.05) is 0 Å². The SMILES string of the molecule is CCC1(O)C(=O)Nc2ccc(Cl)c(Cl)c21. The number of anilines is 1. The van der Waals surface area contributed by atoms with Crippen LogP contribution in [0.3, 0.4) is 0 Å². The molecule has 0 saturated carbocycles. The third-order valence-corrected chi connectivity index (χ3v) is 3.45. The van der Waals surface area contributed by atoms with E-state index in [0.29, 0.717) is 16.3 Å². The number of fused-ring (bicyclic) bond motifs is 1. The molecule has 1 aliphatic heterocycles. The fraction of sp³-hybridized carbons (Fsp3) is 0.300. The average molecular weight is 246 g/mol. The molecule has 0 spiro atoms. The first-order chi connectivity index (χ1) is 7.00. The second-order valence-corrected chi connectivity index (χ2v) is 4.24.